The summed E-state index contributed by atoms with van der Waals surface area (Å²) in [4.78, 5) is 8.74. The molecule has 0 fully saturated rings. The predicted molar refractivity (Wildman–Crippen MR) is 71.0 cm³/mol. The van der Waals surface area contributed by atoms with E-state index in [-0.39, 0.29) is 0 Å². The molecule has 0 aliphatic heterocycles. The van der Waals surface area contributed by atoms with Crippen molar-refractivity contribution in [2.45, 2.75) is 12.8 Å². The zero-order valence-electron chi connectivity index (χ0n) is 8.23. The third kappa shape index (κ3) is 2.75. The molecule has 76 valence electrons. The molecule has 2 aromatic rings. The molecule has 2 aromatic heterocycles. The van der Waals surface area contributed by atoms with Gasteiger partial charge in [-0.25, -0.2) is 9.97 Å². The van der Waals surface area contributed by atoms with Crippen molar-refractivity contribution in [2.75, 3.05) is 0 Å². The molecule has 0 saturated carbocycles. The van der Waals surface area contributed by atoms with Gasteiger partial charge in [-0.3, -0.25) is 0 Å². The Morgan fingerprint density at radius 2 is 2.20 bits per heavy atom. The highest BCUT2D eigenvalue weighted by Gasteiger charge is 1.97. The van der Waals surface area contributed by atoms with Crippen molar-refractivity contribution in [1.29, 1.82) is 0 Å². The normalized spacial score (nSPS) is 11.3. The first kappa shape index (κ1) is 10.5. The predicted octanol–water partition coefficient (Wildman–Crippen LogP) is 3.51. The van der Waals surface area contributed by atoms with Crippen LogP contribution in [-0.2, 0) is 6.42 Å². The summed E-state index contributed by atoms with van der Waals surface area (Å²) in [5, 5.41) is 1.10. The first-order valence-electron chi connectivity index (χ1n) is 4.86. The molecule has 0 unspecified atom stereocenters. The van der Waals surface area contributed by atoms with Crippen LogP contribution in [0.1, 0.15) is 12.1 Å². The summed E-state index contributed by atoms with van der Waals surface area (Å²) in [6.45, 7) is 0. The molecule has 0 bridgehead atoms. The standard InChI is InChI=1S/C12H11IN2/c13-8-2-1-5-11-7-6-10-4-3-9-14-12(10)15-11/h2-4,6-9H,1,5H2. The lowest BCUT2D eigenvalue weighted by molar-refractivity contribution is 0.952. The summed E-state index contributed by atoms with van der Waals surface area (Å²) in [6.07, 6.45) is 5.94. The van der Waals surface area contributed by atoms with E-state index in [0.29, 0.717) is 0 Å². The topological polar surface area (TPSA) is 25.8 Å². The number of aromatic nitrogens is 2. The molecule has 0 aromatic carbocycles. The smallest absolute Gasteiger partial charge is 0.159 e. The second-order valence-corrected chi connectivity index (χ2v) is 3.97. The Hall–Kier alpha value is -0.970. The molecule has 0 atom stereocenters. The van der Waals surface area contributed by atoms with Gasteiger partial charge < -0.3 is 0 Å². The average molecular weight is 310 g/mol. The van der Waals surface area contributed by atoms with Crippen LogP contribution in [0.25, 0.3) is 11.0 Å². The minimum atomic E-state index is 0.841. The fourth-order valence-corrected chi connectivity index (χ4v) is 1.79. The van der Waals surface area contributed by atoms with Crippen molar-refractivity contribution in [3.8, 4) is 0 Å². The van der Waals surface area contributed by atoms with Crippen molar-refractivity contribution in [3.05, 3.63) is 46.3 Å². The lowest BCUT2D eigenvalue weighted by Crippen LogP contribution is -1.91. The molecule has 2 nitrogen and oxygen atoms in total. The Kier molecular flexibility index (Phi) is 3.66. The molecule has 0 aliphatic carbocycles. The molecule has 2 heterocycles. The monoisotopic (exact) mass is 310 g/mol. The number of nitrogens with zero attached hydrogens (tertiary/aromatic N) is 2. The number of pyridine rings is 2. The first-order chi connectivity index (χ1) is 7.40. The van der Waals surface area contributed by atoms with Gasteiger partial charge in [0.2, 0.25) is 0 Å². The molecule has 15 heavy (non-hydrogen) atoms. The molecule has 2 rings (SSSR count). The number of allylic oxidation sites excluding steroid dienone is 1. The lowest BCUT2D eigenvalue weighted by atomic mass is 10.2. The Morgan fingerprint density at radius 3 is 3.07 bits per heavy atom. The SMILES string of the molecule is IC=CCCc1ccc2cccnc2n1. The molecule has 0 saturated heterocycles. The van der Waals surface area contributed by atoms with Gasteiger partial charge in [-0.05, 0) is 41.2 Å². The quantitative estimate of drug-likeness (QED) is 0.811. The molecule has 0 aliphatic rings. The molecule has 3 heteroatoms. The zero-order valence-corrected chi connectivity index (χ0v) is 10.4. The van der Waals surface area contributed by atoms with Gasteiger partial charge >= 0.3 is 0 Å². The third-order valence-corrected chi connectivity index (χ3v) is 2.69. The second-order valence-electron chi connectivity index (χ2n) is 3.25. The number of hydrogen-bond acceptors (Lipinski definition) is 2. The van der Waals surface area contributed by atoms with E-state index in [0.717, 1.165) is 29.6 Å². The van der Waals surface area contributed by atoms with Crippen LogP contribution in [0.4, 0.5) is 0 Å². The first-order valence-corrected chi connectivity index (χ1v) is 6.10. The van der Waals surface area contributed by atoms with Crippen LogP contribution in [-0.4, -0.2) is 9.97 Å². The van der Waals surface area contributed by atoms with Crippen LogP contribution in [0.3, 0.4) is 0 Å². The van der Waals surface area contributed by atoms with Gasteiger partial charge in [0.1, 0.15) is 0 Å². The third-order valence-electron chi connectivity index (χ3n) is 2.18. The number of rotatable bonds is 3. The molecule has 0 amide bonds. The minimum Gasteiger partial charge on any atom is -0.237 e. The van der Waals surface area contributed by atoms with E-state index in [1.165, 1.54) is 0 Å². The summed E-state index contributed by atoms with van der Waals surface area (Å²) < 4.78 is 2.04. The van der Waals surface area contributed by atoms with E-state index >= 15 is 0 Å². The van der Waals surface area contributed by atoms with Crippen LogP contribution in [0.5, 0.6) is 0 Å². The van der Waals surface area contributed by atoms with Crippen molar-refractivity contribution in [1.82, 2.24) is 9.97 Å². The molecule has 0 radical (unpaired) electrons. The van der Waals surface area contributed by atoms with Crippen molar-refractivity contribution < 1.29 is 0 Å². The van der Waals surface area contributed by atoms with E-state index in [2.05, 4.69) is 50.8 Å². The van der Waals surface area contributed by atoms with Gasteiger partial charge in [-0.15, -0.1) is 0 Å². The van der Waals surface area contributed by atoms with Gasteiger partial charge in [-0.1, -0.05) is 28.7 Å². The Morgan fingerprint density at radius 1 is 1.27 bits per heavy atom. The molecular weight excluding hydrogens is 299 g/mol. The lowest BCUT2D eigenvalue weighted by Gasteiger charge is -1.99. The van der Waals surface area contributed by atoms with Crippen LogP contribution >= 0.6 is 22.6 Å². The highest BCUT2D eigenvalue weighted by Crippen LogP contribution is 2.10. The number of aryl methyl sites for hydroxylation is 1. The second kappa shape index (κ2) is 5.21. The highest BCUT2D eigenvalue weighted by atomic mass is 127. The average Bonchev–Trinajstić information content (AvgIpc) is 2.29. The Bertz CT molecular complexity index is 480. The van der Waals surface area contributed by atoms with Gasteiger partial charge in [0.05, 0.1) is 0 Å². The number of hydrogen-bond donors (Lipinski definition) is 0. The Balaban J connectivity index is 2.23. The van der Waals surface area contributed by atoms with Gasteiger partial charge in [0, 0.05) is 17.3 Å². The summed E-state index contributed by atoms with van der Waals surface area (Å²) in [6, 6.07) is 8.12. The maximum atomic E-state index is 4.50. The summed E-state index contributed by atoms with van der Waals surface area (Å²) in [5.41, 5.74) is 1.95. The summed E-state index contributed by atoms with van der Waals surface area (Å²) >= 11 is 2.23. The van der Waals surface area contributed by atoms with Gasteiger partial charge in [0.15, 0.2) is 5.65 Å². The molecular formula is C12H11IN2. The van der Waals surface area contributed by atoms with Crippen molar-refractivity contribution in [3.63, 3.8) is 0 Å². The molecule has 0 N–H and O–H groups in total. The van der Waals surface area contributed by atoms with Crippen LogP contribution in [0, 0.1) is 0 Å². The summed E-state index contributed by atoms with van der Waals surface area (Å²) in [5.74, 6) is 0. The van der Waals surface area contributed by atoms with E-state index in [9.17, 15) is 0 Å². The highest BCUT2D eigenvalue weighted by molar-refractivity contribution is 14.1. The van der Waals surface area contributed by atoms with Crippen LogP contribution < -0.4 is 0 Å². The van der Waals surface area contributed by atoms with Gasteiger partial charge in [-0.2, -0.15) is 0 Å². The summed E-state index contributed by atoms with van der Waals surface area (Å²) in [7, 11) is 0. The van der Waals surface area contributed by atoms with Crippen LogP contribution in [0.15, 0.2) is 40.6 Å². The van der Waals surface area contributed by atoms with Crippen LogP contribution in [0.2, 0.25) is 0 Å². The van der Waals surface area contributed by atoms with E-state index < -0.39 is 0 Å². The van der Waals surface area contributed by atoms with E-state index in [4.69, 9.17) is 0 Å². The number of fused-ring (bicyclic) bond motifs is 1. The minimum absolute atomic E-state index is 0.841. The maximum absolute atomic E-state index is 4.50. The van der Waals surface area contributed by atoms with E-state index in [1.807, 2.05) is 16.2 Å². The maximum Gasteiger partial charge on any atom is 0.159 e. The van der Waals surface area contributed by atoms with E-state index in [1.54, 1.807) is 6.20 Å². The zero-order chi connectivity index (χ0) is 10.5. The fourth-order valence-electron chi connectivity index (χ4n) is 1.43. The Labute approximate surface area is 103 Å². The molecule has 0 spiro atoms. The number of halogens is 1. The van der Waals surface area contributed by atoms with Crippen molar-refractivity contribution in [2.24, 2.45) is 0 Å². The largest absolute Gasteiger partial charge is 0.237 e. The van der Waals surface area contributed by atoms with Gasteiger partial charge in [0.25, 0.3) is 0 Å². The fraction of sp³-hybridized carbons (Fsp3) is 0.167. The van der Waals surface area contributed by atoms with Crippen molar-refractivity contribution >= 4 is 33.6 Å².